The molecular formula is C28H39FN6O2. The van der Waals surface area contributed by atoms with Crippen LogP contribution >= 0.6 is 0 Å². The number of carbonyl (C=O) groups is 2. The van der Waals surface area contributed by atoms with Gasteiger partial charge in [0.15, 0.2) is 0 Å². The van der Waals surface area contributed by atoms with Gasteiger partial charge in [0.25, 0.3) is 0 Å². The van der Waals surface area contributed by atoms with E-state index in [1.807, 2.05) is 29.8 Å². The number of nitrogens with zero attached hydrogens (tertiary/aromatic N) is 4. The quantitative estimate of drug-likeness (QED) is 0.556. The molecule has 37 heavy (non-hydrogen) atoms. The van der Waals surface area contributed by atoms with Crippen LogP contribution in [0.5, 0.6) is 0 Å². The highest BCUT2D eigenvalue weighted by molar-refractivity contribution is 5.93. The van der Waals surface area contributed by atoms with Crippen molar-refractivity contribution in [2.45, 2.75) is 70.4 Å². The molecule has 0 radical (unpaired) electrons. The lowest BCUT2D eigenvalue weighted by atomic mass is 9.69. The van der Waals surface area contributed by atoms with Gasteiger partial charge in [-0.15, -0.1) is 0 Å². The van der Waals surface area contributed by atoms with E-state index in [0.29, 0.717) is 18.2 Å². The van der Waals surface area contributed by atoms with E-state index >= 15 is 0 Å². The lowest BCUT2D eigenvalue weighted by Crippen LogP contribution is -2.63. The van der Waals surface area contributed by atoms with Gasteiger partial charge in [0, 0.05) is 25.3 Å². The van der Waals surface area contributed by atoms with E-state index in [9.17, 15) is 14.0 Å². The SMILES string of the molecule is CNC(C)(C(N)=O)[C@@H](C(=O)N1CCC[C@H]1c1cc(N(C)c2ccc(F)cc2)nc(C)n1)C1CCCCC1. The molecule has 2 aliphatic rings. The molecule has 9 heteroatoms. The number of halogens is 1. The fourth-order valence-electron chi connectivity index (χ4n) is 6.05. The maximum Gasteiger partial charge on any atom is 0.238 e. The van der Waals surface area contributed by atoms with E-state index < -0.39 is 17.4 Å². The summed E-state index contributed by atoms with van der Waals surface area (Å²) in [6, 6.07) is 7.94. The maximum atomic E-state index is 14.3. The second-order valence-corrected chi connectivity index (χ2v) is 10.6. The number of primary amides is 1. The highest BCUT2D eigenvalue weighted by Gasteiger charge is 2.50. The molecule has 1 aromatic carbocycles. The van der Waals surface area contributed by atoms with Crippen molar-refractivity contribution < 1.29 is 14.0 Å². The van der Waals surface area contributed by atoms with Crippen LogP contribution in [0.1, 0.15) is 69.4 Å². The van der Waals surface area contributed by atoms with Gasteiger partial charge in [-0.3, -0.25) is 9.59 Å². The van der Waals surface area contributed by atoms with Crippen LogP contribution in [0, 0.1) is 24.6 Å². The van der Waals surface area contributed by atoms with Crippen molar-refractivity contribution in [2.24, 2.45) is 17.6 Å². The molecule has 0 bridgehead atoms. The van der Waals surface area contributed by atoms with Gasteiger partial charge in [0.2, 0.25) is 11.8 Å². The zero-order valence-corrected chi connectivity index (χ0v) is 22.3. The number of hydrogen-bond acceptors (Lipinski definition) is 6. The first-order valence-electron chi connectivity index (χ1n) is 13.3. The highest BCUT2D eigenvalue weighted by atomic mass is 19.1. The molecule has 3 N–H and O–H groups in total. The van der Waals surface area contributed by atoms with Gasteiger partial charge in [-0.2, -0.15) is 0 Å². The predicted molar refractivity (Wildman–Crippen MR) is 142 cm³/mol. The van der Waals surface area contributed by atoms with Crippen LogP contribution < -0.4 is 16.0 Å². The Morgan fingerprint density at radius 1 is 1.14 bits per heavy atom. The Balaban J connectivity index is 1.67. The second-order valence-electron chi connectivity index (χ2n) is 10.6. The number of benzene rings is 1. The van der Waals surface area contributed by atoms with E-state index in [0.717, 1.165) is 56.3 Å². The van der Waals surface area contributed by atoms with Crippen LogP contribution in [0.2, 0.25) is 0 Å². The van der Waals surface area contributed by atoms with Gasteiger partial charge in [0.05, 0.1) is 17.7 Å². The number of anilines is 2. The number of aromatic nitrogens is 2. The third-order valence-corrected chi connectivity index (χ3v) is 8.32. The minimum absolute atomic E-state index is 0.0326. The smallest absolute Gasteiger partial charge is 0.238 e. The number of nitrogens with two attached hydrogens (primary N) is 1. The van der Waals surface area contributed by atoms with Gasteiger partial charge in [-0.25, -0.2) is 14.4 Å². The monoisotopic (exact) mass is 510 g/mol. The Hall–Kier alpha value is -3.07. The summed E-state index contributed by atoms with van der Waals surface area (Å²) in [7, 11) is 3.58. The molecule has 0 spiro atoms. The van der Waals surface area contributed by atoms with Crippen LogP contribution in [0.3, 0.4) is 0 Å². The molecule has 1 aromatic heterocycles. The van der Waals surface area contributed by atoms with Gasteiger partial charge < -0.3 is 20.9 Å². The average molecular weight is 511 g/mol. The molecule has 1 aliphatic heterocycles. The molecule has 200 valence electrons. The zero-order chi connectivity index (χ0) is 26.7. The first kappa shape index (κ1) is 27.0. The second kappa shape index (κ2) is 11.1. The number of likely N-dealkylation sites (N-methyl/N-ethyl adjacent to an activating group) is 1. The lowest BCUT2D eigenvalue weighted by Gasteiger charge is -2.42. The van der Waals surface area contributed by atoms with Crippen LogP contribution in [0.25, 0.3) is 0 Å². The molecule has 1 saturated heterocycles. The third kappa shape index (κ3) is 5.46. The number of rotatable bonds is 8. The molecule has 2 heterocycles. The van der Waals surface area contributed by atoms with E-state index in [1.54, 1.807) is 26.1 Å². The van der Waals surface area contributed by atoms with Crippen LogP contribution in [-0.2, 0) is 9.59 Å². The minimum Gasteiger partial charge on any atom is -0.368 e. The van der Waals surface area contributed by atoms with E-state index in [2.05, 4.69) is 10.3 Å². The maximum absolute atomic E-state index is 14.3. The Bertz CT molecular complexity index is 1120. The van der Waals surface area contributed by atoms with Crippen molar-refractivity contribution in [1.29, 1.82) is 0 Å². The normalized spacial score (nSPS) is 20.9. The standard InChI is InChI=1S/C28H39FN6O2/c1-18-32-22(17-24(33-18)34(4)21-14-12-20(29)13-15-21)23-11-8-16-35(23)26(36)25(19-9-6-5-7-10-19)28(2,31-3)27(30)37/h12-15,17,19,23,25,31H,5-11,16H2,1-4H3,(H2,30,37)/t23-,25+,28?/m0/s1. The summed E-state index contributed by atoms with van der Waals surface area (Å²) >= 11 is 0. The lowest BCUT2D eigenvalue weighted by molar-refractivity contribution is -0.147. The predicted octanol–water partition coefficient (Wildman–Crippen LogP) is 4.02. The Morgan fingerprint density at radius 2 is 1.81 bits per heavy atom. The van der Waals surface area contributed by atoms with Gasteiger partial charge in [-0.1, -0.05) is 19.3 Å². The van der Waals surface area contributed by atoms with Crippen molar-refractivity contribution in [1.82, 2.24) is 20.2 Å². The largest absolute Gasteiger partial charge is 0.368 e. The molecule has 1 saturated carbocycles. The number of likely N-dealkylation sites (tertiary alicyclic amines) is 1. The zero-order valence-electron chi connectivity index (χ0n) is 22.3. The molecule has 4 rings (SSSR count). The van der Waals surface area contributed by atoms with Crippen LogP contribution in [-0.4, -0.2) is 52.9 Å². The molecule has 1 aliphatic carbocycles. The van der Waals surface area contributed by atoms with Gasteiger partial charge in [-0.05, 0) is 76.8 Å². The van der Waals surface area contributed by atoms with E-state index in [4.69, 9.17) is 10.7 Å². The first-order valence-corrected chi connectivity index (χ1v) is 13.3. The topological polar surface area (TPSA) is 104 Å². The number of hydrogen-bond donors (Lipinski definition) is 2. The van der Waals surface area contributed by atoms with Crippen molar-refractivity contribution >= 4 is 23.3 Å². The summed E-state index contributed by atoms with van der Waals surface area (Å²) in [4.78, 5) is 40.1. The summed E-state index contributed by atoms with van der Waals surface area (Å²) in [5, 5.41) is 3.11. The van der Waals surface area contributed by atoms with Gasteiger partial charge in [0.1, 0.15) is 23.0 Å². The molecule has 2 amide bonds. The van der Waals surface area contributed by atoms with E-state index in [-0.39, 0.29) is 23.7 Å². The fraction of sp³-hybridized carbons (Fsp3) is 0.571. The minimum atomic E-state index is -1.14. The average Bonchev–Trinajstić information content (AvgIpc) is 3.39. The highest BCUT2D eigenvalue weighted by Crippen LogP contribution is 2.41. The third-order valence-electron chi connectivity index (χ3n) is 8.32. The summed E-state index contributed by atoms with van der Waals surface area (Å²) in [6.07, 6.45) is 6.73. The summed E-state index contributed by atoms with van der Waals surface area (Å²) in [5.41, 5.74) is 6.32. The molecular weight excluding hydrogens is 471 g/mol. The Labute approximate surface area is 218 Å². The molecule has 1 unspecified atom stereocenters. The number of aryl methyl sites for hydroxylation is 1. The van der Waals surface area contributed by atoms with Crippen molar-refractivity contribution in [3.05, 3.63) is 47.7 Å². The fourth-order valence-corrected chi connectivity index (χ4v) is 6.05. The summed E-state index contributed by atoms with van der Waals surface area (Å²) in [5.74, 6) is -0.00411. The molecule has 2 fully saturated rings. The van der Waals surface area contributed by atoms with Crippen LogP contribution in [0.15, 0.2) is 30.3 Å². The van der Waals surface area contributed by atoms with Crippen LogP contribution in [0.4, 0.5) is 15.9 Å². The number of carbonyl (C=O) groups excluding carboxylic acids is 2. The number of amides is 2. The summed E-state index contributed by atoms with van der Waals surface area (Å²) < 4.78 is 13.4. The van der Waals surface area contributed by atoms with E-state index in [1.165, 1.54) is 12.1 Å². The van der Waals surface area contributed by atoms with Gasteiger partial charge >= 0.3 is 0 Å². The Morgan fingerprint density at radius 3 is 2.43 bits per heavy atom. The molecule has 3 atom stereocenters. The van der Waals surface area contributed by atoms with Crippen molar-refractivity contribution in [2.75, 3.05) is 25.5 Å². The summed E-state index contributed by atoms with van der Waals surface area (Å²) in [6.45, 7) is 4.21. The molecule has 8 nitrogen and oxygen atoms in total. The number of nitrogens with one attached hydrogen (secondary N) is 1. The van der Waals surface area contributed by atoms with Crippen molar-refractivity contribution in [3.8, 4) is 0 Å². The van der Waals surface area contributed by atoms with Crippen molar-refractivity contribution in [3.63, 3.8) is 0 Å². The Kier molecular flexibility index (Phi) is 8.11. The molecule has 2 aromatic rings. The first-order chi connectivity index (χ1) is 17.7.